The van der Waals surface area contributed by atoms with Crippen molar-refractivity contribution in [3.05, 3.63) is 57.6 Å². The van der Waals surface area contributed by atoms with E-state index in [0.29, 0.717) is 27.5 Å². The van der Waals surface area contributed by atoms with Crippen molar-refractivity contribution in [2.75, 3.05) is 5.32 Å². The topological polar surface area (TPSA) is 121 Å². The minimum absolute atomic E-state index is 0.0272. The Kier molecular flexibility index (Phi) is 4.18. The molecule has 4 rings (SSSR count). The van der Waals surface area contributed by atoms with E-state index >= 15 is 0 Å². The van der Waals surface area contributed by atoms with Gasteiger partial charge in [0.1, 0.15) is 17.5 Å². The van der Waals surface area contributed by atoms with E-state index in [1.807, 2.05) is 0 Å². The van der Waals surface area contributed by atoms with Crippen LogP contribution in [0.25, 0.3) is 10.2 Å². The molecule has 1 aliphatic rings. The maximum atomic E-state index is 11.0. The van der Waals surface area contributed by atoms with Crippen LogP contribution in [0.3, 0.4) is 0 Å². The highest BCUT2D eigenvalue weighted by atomic mass is 32.1. The number of thiazole rings is 1. The number of nitrogens with one attached hydrogen (secondary N) is 1. The number of aliphatic hydroxyl groups excluding tert-OH is 1. The molecule has 9 heteroatoms. The summed E-state index contributed by atoms with van der Waals surface area (Å²) in [6.07, 6.45) is -0.907. The molecular formula is C19H16N4O4S. The van der Waals surface area contributed by atoms with Crippen LogP contribution in [0.4, 0.5) is 10.8 Å². The number of nitrogens with zero attached hydrogens (tertiary/aromatic N) is 3. The first-order chi connectivity index (χ1) is 13.3. The van der Waals surface area contributed by atoms with Crippen molar-refractivity contribution < 1.29 is 14.8 Å². The zero-order chi connectivity index (χ0) is 20.1. The van der Waals surface area contributed by atoms with Crippen LogP contribution in [0.2, 0.25) is 0 Å². The fraction of sp³-hybridized carbons (Fsp3) is 0.263. The van der Waals surface area contributed by atoms with Gasteiger partial charge in [0, 0.05) is 17.7 Å². The largest absolute Gasteiger partial charge is 0.485 e. The summed E-state index contributed by atoms with van der Waals surface area (Å²) >= 11 is 1.34. The van der Waals surface area contributed by atoms with Crippen molar-refractivity contribution in [1.82, 2.24) is 4.98 Å². The lowest BCUT2D eigenvalue weighted by Gasteiger charge is -2.42. The van der Waals surface area contributed by atoms with E-state index in [1.165, 1.54) is 23.5 Å². The third-order valence-corrected chi connectivity index (χ3v) is 5.70. The molecule has 1 aliphatic heterocycles. The number of nitriles is 1. The normalized spacial score (nSPS) is 20.1. The Hall–Kier alpha value is -3.22. The summed E-state index contributed by atoms with van der Waals surface area (Å²) in [5.41, 5.74) is 0.750. The number of rotatable bonds is 3. The van der Waals surface area contributed by atoms with Gasteiger partial charge in [0.05, 0.1) is 32.8 Å². The molecule has 0 spiro atoms. The second kappa shape index (κ2) is 6.44. The van der Waals surface area contributed by atoms with Crippen molar-refractivity contribution in [2.24, 2.45) is 0 Å². The van der Waals surface area contributed by atoms with E-state index in [0.717, 1.165) is 4.70 Å². The third kappa shape index (κ3) is 3.02. The number of nitro benzene ring substituents is 1. The van der Waals surface area contributed by atoms with Crippen molar-refractivity contribution in [3.8, 4) is 11.8 Å². The Labute approximate surface area is 164 Å². The molecule has 2 heterocycles. The van der Waals surface area contributed by atoms with E-state index in [9.17, 15) is 20.5 Å². The summed E-state index contributed by atoms with van der Waals surface area (Å²) < 4.78 is 6.70. The fourth-order valence-corrected chi connectivity index (χ4v) is 4.13. The number of non-ortho nitro benzene ring substituents is 1. The summed E-state index contributed by atoms with van der Waals surface area (Å²) in [5, 5.41) is 34.8. The molecule has 142 valence electrons. The monoisotopic (exact) mass is 396 g/mol. The second-order valence-corrected chi connectivity index (χ2v) is 8.10. The Bertz CT molecular complexity index is 1130. The summed E-state index contributed by atoms with van der Waals surface area (Å²) in [5.74, 6) is 0.587. The molecule has 0 bridgehead atoms. The SMILES string of the molecule is CC1(C)Oc2ccc(C#N)cc2C(Nc2nc3cc([N+](=O)[O-])ccc3s2)C1O. The molecule has 0 saturated heterocycles. The highest BCUT2D eigenvalue weighted by Crippen LogP contribution is 2.42. The number of anilines is 1. The molecule has 2 N–H and O–H groups in total. The summed E-state index contributed by atoms with van der Waals surface area (Å²) in [6.45, 7) is 3.57. The van der Waals surface area contributed by atoms with Crippen LogP contribution in [0, 0.1) is 21.4 Å². The molecule has 0 amide bonds. The zero-order valence-electron chi connectivity index (χ0n) is 15.0. The average Bonchev–Trinajstić information content (AvgIpc) is 3.06. The number of ether oxygens (including phenoxy) is 1. The summed E-state index contributed by atoms with van der Waals surface area (Å²) in [7, 11) is 0. The first-order valence-corrected chi connectivity index (χ1v) is 9.33. The van der Waals surface area contributed by atoms with E-state index in [1.54, 1.807) is 38.1 Å². The van der Waals surface area contributed by atoms with Crippen molar-refractivity contribution >= 4 is 32.4 Å². The van der Waals surface area contributed by atoms with Gasteiger partial charge in [-0.2, -0.15) is 5.26 Å². The van der Waals surface area contributed by atoms with Gasteiger partial charge in [-0.1, -0.05) is 11.3 Å². The average molecular weight is 396 g/mol. The lowest BCUT2D eigenvalue weighted by Crippen LogP contribution is -2.50. The van der Waals surface area contributed by atoms with Crippen LogP contribution in [-0.4, -0.2) is 26.7 Å². The Morgan fingerprint density at radius 2 is 2.14 bits per heavy atom. The number of hydrogen-bond donors (Lipinski definition) is 2. The fourth-order valence-electron chi connectivity index (χ4n) is 3.25. The van der Waals surface area contributed by atoms with Crippen LogP contribution in [0.1, 0.15) is 31.0 Å². The van der Waals surface area contributed by atoms with E-state index in [4.69, 9.17) is 4.74 Å². The smallest absolute Gasteiger partial charge is 0.271 e. The van der Waals surface area contributed by atoms with E-state index in [-0.39, 0.29) is 5.69 Å². The van der Waals surface area contributed by atoms with Crippen molar-refractivity contribution in [1.29, 1.82) is 5.26 Å². The van der Waals surface area contributed by atoms with Gasteiger partial charge < -0.3 is 15.2 Å². The lowest BCUT2D eigenvalue weighted by molar-refractivity contribution is -0.384. The lowest BCUT2D eigenvalue weighted by atomic mass is 9.86. The molecule has 1 aromatic heterocycles. The highest BCUT2D eigenvalue weighted by molar-refractivity contribution is 7.22. The Morgan fingerprint density at radius 3 is 2.86 bits per heavy atom. The number of aliphatic hydroxyl groups is 1. The van der Waals surface area contributed by atoms with Gasteiger partial charge in [-0.25, -0.2) is 4.98 Å². The third-order valence-electron chi connectivity index (χ3n) is 4.74. The molecule has 2 atom stereocenters. The van der Waals surface area contributed by atoms with Crippen LogP contribution >= 0.6 is 11.3 Å². The van der Waals surface area contributed by atoms with Gasteiger partial charge in [-0.05, 0) is 38.1 Å². The summed E-state index contributed by atoms with van der Waals surface area (Å²) in [4.78, 5) is 14.9. The second-order valence-electron chi connectivity index (χ2n) is 7.06. The van der Waals surface area contributed by atoms with E-state index < -0.39 is 22.7 Å². The molecule has 8 nitrogen and oxygen atoms in total. The maximum Gasteiger partial charge on any atom is 0.271 e. The van der Waals surface area contributed by atoms with E-state index in [2.05, 4.69) is 16.4 Å². The predicted molar refractivity (Wildman–Crippen MR) is 105 cm³/mol. The van der Waals surface area contributed by atoms with Crippen LogP contribution in [0.5, 0.6) is 5.75 Å². The minimum atomic E-state index is -0.907. The molecule has 0 saturated carbocycles. The Balaban J connectivity index is 1.75. The van der Waals surface area contributed by atoms with Gasteiger partial charge in [-0.15, -0.1) is 0 Å². The first kappa shape index (κ1) is 18.2. The molecule has 3 aromatic rings. The number of aromatic nitrogens is 1. The maximum absolute atomic E-state index is 11.0. The van der Waals surface area contributed by atoms with Crippen LogP contribution in [-0.2, 0) is 0 Å². The number of hydrogen-bond acceptors (Lipinski definition) is 8. The van der Waals surface area contributed by atoms with Gasteiger partial charge in [0.15, 0.2) is 5.13 Å². The minimum Gasteiger partial charge on any atom is -0.485 e. The quantitative estimate of drug-likeness (QED) is 0.510. The van der Waals surface area contributed by atoms with Gasteiger partial charge >= 0.3 is 0 Å². The van der Waals surface area contributed by atoms with Crippen LogP contribution in [0.15, 0.2) is 36.4 Å². The number of fused-ring (bicyclic) bond motifs is 2. The standard InChI is InChI=1S/C19H16N4O4S/c1-19(2)17(24)16(12-7-10(9-20)3-5-14(12)27-19)22-18-21-13-8-11(23(25)26)4-6-15(13)28-18/h3-8,16-17,24H,1-2H3,(H,21,22). The molecule has 2 unspecified atom stereocenters. The molecular weight excluding hydrogens is 380 g/mol. The van der Waals surface area contributed by atoms with Gasteiger partial charge in [-0.3, -0.25) is 10.1 Å². The van der Waals surface area contributed by atoms with Gasteiger partial charge in [0.25, 0.3) is 5.69 Å². The van der Waals surface area contributed by atoms with Crippen molar-refractivity contribution in [3.63, 3.8) is 0 Å². The Morgan fingerprint density at radius 1 is 1.36 bits per heavy atom. The predicted octanol–water partition coefficient (Wildman–Crippen LogP) is 3.76. The number of nitro groups is 1. The molecule has 0 radical (unpaired) electrons. The zero-order valence-corrected chi connectivity index (χ0v) is 15.9. The molecule has 28 heavy (non-hydrogen) atoms. The number of benzene rings is 2. The van der Waals surface area contributed by atoms with Crippen molar-refractivity contribution in [2.45, 2.75) is 31.6 Å². The first-order valence-electron chi connectivity index (χ1n) is 8.51. The van der Waals surface area contributed by atoms with Gasteiger partial charge in [0.2, 0.25) is 0 Å². The molecule has 0 aliphatic carbocycles. The van der Waals surface area contributed by atoms with Crippen LogP contribution < -0.4 is 10.1 Å². The molecule has 0 fully saturated rings. The highest BCUT2D eigenvalue weighted by Gasteiger charge is 2.43. The summed E-state index contributed by atoms with van der Waals surface area (Å²) in [6, 6.07) is 11.1. The molecule has 2 aromatic carbocycles.